The van der Waals surface area contributed by atoms with Gasteiger partial charge in [0.1, 0.15) is 0 Å². The summed E-state index contributed by atoms with van der Waals surface area (Å²) in [6, 6.07) is 5.77. The van der Waals surface area contributed by atoms with Crippen molar-refractivity contribution in [3.8, 4) is 0 Å². The first kappa shape index (κ1) is 9.78. The van der Waals surface area contributed by atoms with Crippen molar-refractivity contribution in [3.63, 3.8) is 0 Å². The lowest BCUT2D eigenvalue weighted by Gasteiger charge is -2.10. The average Bonchev–Trinajstić information content (AvgIpc) is 2.16. The van der Waals surface area contributed by atoms with E-state index < -0.39 is 0 Å². The van der Waals surface area contributed by atoms with Gasteiger partial charge in [-0.25, -0.2) is 0 Å². The molecule has 0 aromatic heterocycles. The number of benzene rings is 1. The third-order valence-electron chi connectivity index (χ3n) is 2.18. The molecule has 0 unspecified atom stereocenters. The van der Waals surface area contributed by atoms with Crippen LogP contribution in [0.4, 0.5) is 5.69 Å². The van der Waals surface area contributed by atoms with Crippen LogP contribution in [0.5, 0.6) is 0 Å². The molecule has 13 heavy (non-hydrogen) atoms. The Morgan fingerprint density at radius 1 is 1.46 bits per heavy atom. The summed E-state index contributed by atoms with van der Waals surface area (Å²) >= 11 is 0. The molecule has 1 N–H and O–H groups in total. The summed E-state index contributed by atoms with van der Waals surface area (Å²) in [7, 11) is 1.87. The van der Waals surface area contributed by atoms with Gasteiger partial charge in [-0.1, -0.05) is 19.1 Å². The zero-order valence-corrected chi connectivity index (χ0v) is 8.35. The molecule has 1 rings (SSSR count). The van der Waals surface area contributed by atoms with E-state index in [1.165, 1.54) is 0 Å². The lowest BCUT2D eigenvalue weighted by atomic mass is 10.0. The van der Waals surface area contributed by atoms with Gasteiger partial charge in [0.05, 0.1) is 0 Å². The largest absolute Gasteiger partial charge is 0.388 e. The molecule has 0 saturated heterocycles. The van der Waals surface area contributed by atoms with Gasteiger partial charge in [0.25, 0.3) is 0 Å². The van der Waals surface area contributed by atoms with E-state index >= 15 is 0 Å². The van der Waals surface area contributed by atoms with Crippen LogP contribution in [0, 0.1) is 0 Å². The van der Waals surface area contributed by atoms with Crippen LogP contribution in [0.1, 0.15) is 29.8 Å². The summed E-state index contributed by atoms with van der Waals surface area (Å²) in [6.45, 7) is 3.66. The number of Topliss-reactive ketones (excluding diaryl/α,β-unsaturated/α-hetero) is 1. The highest BCUT2D eigenvalue weighted by atomic mass is 16.1. The molecule has 2 nitrogen and oxygen atoms in total. The molecule has 0 aliphatic rings. The standard InChI is InChI=1S/C11H15NO/c1-4-9-10(8(2)13)6-5-7-11(9)12-3/h5-7,12H,4H2,1-3H3. The molecule has 0 bridgehead atoms. The van der Waals surface area contributed by atoms with Gasteiger partial charge in [0, 0.05) is 18.3 Å². The van der Waals surface area contributed by atoms with E-state index in [9.17, 15) is 4.79 Å². The topological polar surface area (TPSA) is 29.1 Å². The van der Waals surface area contributed by atoms with Crippen LogP contribution in [-0.2, 0) is 6.42 Å². The Bertz CT molecular complexity index is 318. The van der Waals surface area contributed by atoms with Crippen molar-refractivity contribution < 1.29 is 4.79 Å². The fourth-order valence-corrected chi connectivity index (χ4v) is 1.53. The predicted octanol–water partition coefficient (Wildman–Crippen LogP) is 2.49. The van der Waals surface area contributed by atoms with Crippen molar-refractivity contribution >= 4 is 11.5 Å². The molecular formula is C11H15NO. The van der Waals surface area contributed by atoms with E-state index in [1.54, 1.807) is 6.92 Å². The van der Waals surface area contributed by atoms with Crippen molar-refractivity contribution in [1.29, 1.82) is 0 Å². The second-order valence-corrected chi connectivity index (χ2v) is 2.99. The van der Waals surface area contributed by atoms with Gasteiger partial charge in [-0.3, -0.25) is 4.79 Å². The van der Waals surface area contributed by atoms with E-state index in [0.717, 1.165) is 23.2 Å². The molecule has 1 aromatic rings. The summed E-state index contributed by atoms with van der Waals surface area (Å²) in [4.78, 5) is 11.3. The smallest absolute Gasteiger partial charge is 0.160 e. The molecule has 0 aliphatic heterocycles. The van der Waals surface area contributed by atoms with Crippen molar-refractivity contribution in [2.24, 2.45) is 0 Å². The third kappa shape index (κ3) is 1.89. The van der Waals surface area contributed by atoms with E-state index in [4.69, 9.17) is 0 Å². The Labute approximate surface area is 79.0 Å². The van der Waals surface area contributed by atoms with Crippen LogP contribution in [0.2, 0.25) is 0 Å². The zero-order chi connectivity index (χ0) is 9.84. The average molecular weight is 177 g/mol. The quantitative estimate of drug-likeness (QED) is 0.719. The number of nitrogens with one attached hydrogen (secondary N) is 1. The minimum atomic E-state index is 0.133. The number of carbonyl (C=O) groups excluding carboxylic acids is 1. The molecule has 0 spiro atoms. The van der Waals surface area contributed by atoms with E-state index in [1.807, 2.05) is 25.2 Å². The third-order valence-corrected chi connectivity index (χ3v) is 2.18. The Hall–Kier alpha value is -1.31. The molecule has 70 valence electrons. The molecule has 0 aliphatic carbocycles. The molecule has 0 heterocycles. The van der Waals surface area contributed by atoms with Gasteiger partial charge in [-0.2, -0.15) is 0 Å². The maximum atomic E-state index is 11.3. The summed E-state index contributed by atoms with van der Waals surface area (Å²) in [5, 5.41) is 3.09. The normalized spacial score (nSPS) is 9.77. The minimum absolute atomic E-state index is 0.133. The maximum absolute atomic E-state index is 11.3. The fourth-order valence-electron chi connectivity index (χ4n) is 1.53. The van der Waals surface area contributed by atoms with Gasteiger partial charge in [0.2, 0.25) is 0 Å². The van der Waals surface area contributed by atoms with Crippen LogP contribution in [0.15, 0.2) is 18.2 Å². The number of hydrogen-bond donors (Lipinski definition) is 1. The van der Waals surface area contributed by atoms with E-state index in [0.29, 0.717) is 0 Å². The molecular weight excluding hydrogens is 162 g/mol. The highest BCUT2D eigenvalue weighted by Gasteiger charge is 2.08. The second-order valence-electron chi connectivity index (χ2n) is 2.99. The number of carbonyl (C=O) groups is 1. The molecule has 0 saturated carbocycles. The van der Waals surface area contributed by atoms with Crippen molar-refractivity contribution in [3.05, 3.63) is 29.3 Å². The Morgan fingerprint density at radius 2 is 2.15 bits per heavy atom. The summed E-state index contributed by atoms with van der Waals surface area (Å²) < 4.78 is 0. The molecule has 0 fully saturated rings. The molecule has 0 amide bonds. The monoisotopic (exact) mass is 177 g/mol. The van der Waals surface area contributed by atoms with Gasteiger partial charge in [-0.15, -0.1) is 0 Å². The number of anilines is 1. The minimum Gasteiger partial charge on any atom is -0.388 e. The van der Waals surface area contributed by atoms with Crippen LogP contribution >= 0.6 is 0 Å². The first-order valence-electron chi connectivity index (χ1n) is 4.51. The summed E-state index contributed by atoms with van der Waals surface area (Å²) in [5.74, 6) is 0.133. The predicted molar refractivity (Wildman–Crippen MR) is 55.4 cm³/mol. The molecule has 0 radical (unpaired) electrons. The lowest BCUT2D eigenvalue weighted by molar-refractivity contribution is 0.101. The molecule has 0 atom stereocenters. The van der Waals surface area contributed by atoms with Crippen LogP contribution < -0.4 is 5.32 Å². The molecule has 1 aromatic carbocycles. The Kier molecular flexibility index (Phi) is 3.07. The first-order chi connectivity index (χ1) is 6.20. The van der Waals surface area contributed by atoms with Gasteiger partial charge >= 0.3 is 0 Å². The van der Waals surface area contributed by atoms with Crippen molar-refractivity contribution in [1.82, 2.24) is 0 Å². The Morgan fingerprint density at radius 3 is 2.62 bits per heavy atom. The van der Waals surface area contributed by atoms with E-state index in [-0.39, 0.29) is 5.78 Å². The number of hydrogen-bond acceptors (Lipinski definition) is 2. The van der Waals surface area contributed by atoms with Gasteiger partial charge in [0.15, 0.2) is 5.78 Å². The Balaban J connectivity index is 3.27. The SMILES string of the molecule is CCc1c(NC)cccc1C(C)=O. The lowest BCUT2D eigenvalue weighted by Crippen LogP contribution is -2.02. The van der Waals surface area contributed by atoms with Crippen LogP contribution in [0.25, 0.3) is 0 Å². The van der Waals surface area contributed by atoms with Gasteiger partial charge in [-0.05, 0) is 25.0 Å². The molecule has 2 heteroatoms. The van der Waals surface area contributed by atoms with E-state index in [2.05, 4.69) is 12.2 Å². The maximum Gasteiger partial charge on any atom is 0.160 e. The fraction of sp³-hybridized carbons (Fsp3) is 0.364. The van der Waals surface area contributed by atoms with Crippen LogP contribution in [0.3, 0.4) is 0 Å². The van der Waals surface area contributed by atoms with Crippen LogP contribution in [-0.4, -0.2) is 12.8 Å². The second kappa shape index (κ2) is 4.08. The number of rotatable bonds is 3. The summed E-state index contributed by atoms with van der Waals surface area (Å²) in [6.07, 6.45) is 0.881. The summed E-state index contributed by atoms with van der Waals surface area (Å²) in [5.41, 5.74) is 2.99. The zero-order valence-electron chi connectivity index (χ0n) is 8.35. The van der Waals surface area contributed by atoms with Gasteiger partial charge < -0.3 is 5.32 Å². The highest BCUT2D eigenvalue weighted by molar-refractivity contribution is 5.97. The van der Waals surface area contributed by atoms with Crippen molar-refractivity contribution in [2.45, 2.75) is 20.3 Å². The van der Waals surface area contributed by atoms with Crippen molar-refractivity contribution in [2.75, 3.05) is 12.4 Å². The first-order valence-corrected chi connectivity index (χ1v) is 4.51. The highest BCUT2D eigenvalue weighted by Crippen LogP contribution is 2.20. The number of ketones is 1.